The highest BCUT2D eigenvalue weighted by molar-refractivity contribution is 5.84. The second-order valence-electron chi connectivity index (χ2n) is 5.96. The minimum atomic E-state index is 0.470. The van der Waals surface area contributed by atoms with Crippen molar-refractivity contribution in [2.24, 2.45) is 0 Å². The quantitative estimate of drug-likeness (QED) is 0.579. The second-order valence-corrected chi connectivity index (χ2v) is 5.96. The van der Waals surface area contributed by atoms with Crippen molar-refractivity contribution in [1.29, 1.82) is 0 Å². The van der Waals surface area contributed by atoms with Crippen LogP contribution in [0.3, 0.4) is 0 Å². The predicted octanol–water partition coefficient (Wildman–Crippen LogP) is 3.26. The maximum absolute atomic E-state index is 11.2. The van der Waals surface area contributed by atoms with Crippen molar-refractivity contribution in [3.8, 4) is 0 Å². The van der Waals surface area contributed by atoms with Gasteiger partial charge in [0.2, 0.25) is 0 Å². The topological polar surface area (TPSA) is 63.6 Å². The van der Waals surface area contributed by atoms with Crippen LogP contribution in [0.15, 0.2) is 36.5 Å². The van der Waals surface area contributed by atoms with Gasteiger partial charge in [0.15, 0.2) is 17.6 Å². The molecule has 4 rings (SSSR count). The fourth-order valence-electron chi connectivity index (χ4n) is 2.69. The van der Waals surface area contributed by atoms with Gasteiger partial charge >= 0.3 is 0 Å². The molecule has 1 N–H and O–H groups in total. The molecule has 1 aliphatic carbocycles. The van der Waals surface area contributed by atoms with Crippen LogP contribution in [0, 0.1) is 6.57 Å². The van der Waals surface area contributed by atoms with Gasteiger partial charge in [0.1, 0.15) is 5.82 Å². The lowest BCUT2D eigenvalue weighted by atomic mass is 10.1. The molecule has 2 aromatic heterocycles. The number of hydrogen-bond acceptors (Lipinski definition) is 4. The molecule has 6 heteroatoms. The number of anilines is 1. The zero-order chi connectivity index (χ0) is 16.5. The van der Waals surface area contributed by atoms with E-state index in [1.54, 1.807) is 10.6 Å². The molecule has 0 saturated heterocycles. The Balaban J connectivity index is 1.76. The average Bonchev–Trinajstić information content (AvgIpc) is 3.32. The van der Waals surface area contributed by atoms with Gasteiger partial charge in [-0.1, -0.05) is 29.8 Å². The Bertz CT molecular complexity index is 965. The molecule has 3 aromatic rings. The van der Waals surface area contributed by atoms with Gasteiger partial charge in [0.25, 0.3) is 0 Å². The predicted molar refractivity (Wildman–Crippen MR) is 90.5 cm³/mol. The van der Waals surface area contributed by atoms with E-state index < -0.39 is 0 Å². The van der Waals surface area contributed by atoms with Gasteiger partial charge in [-0.25, -0.2) is 9.83 Å². The SMILES string of the molecule is [C-]#[N+]c1cccc(Cc2cc(NC3CC3)n3ncc(C=O)c3n2)c1. The summed E-state index contributed by atoms with van der Waals surface area (Å²) >= 11 is 0. The zero-order valence-corrected chi connectivity index (χ0v) is 12.9. The molecule has 0 unspecified atom stereocenters. The van der Waals surface area contributed by atoms with E-state index in [1.165, 1.54) is 6.20 Å². The number of carbonyl (C=O) groups excluding carboxylic acids is 1. The molecule has 0 aliphatic heterocycles. The minimum absolute atomic E-state index is 0.470. The first-order valence-electron chi connectivity index (χ1n) is 7.82. The van der Waals surface area contributed by atoms with Crippen LogP contribution in [0.4, 0.5) is 11.5 Å². The number of fused-ring (bicyclic) bond motifs is 1. The van der Waals surface area contributed by atoms with E-state index >= 15 is 0 Å². The van der Waals surface area contributed by atoms with Crippen LogP contribution in [0.2, 0.25) is 0 Å². The summed E-state index contributed by atoms with van der Waals surface area (Å²) in [6.07, 6.45) is 5.21. The van der Waals surface area contributed by atoms with Gasteiger partial charge < -0.3 is 5.32 Å². The van der Waals surface area contributed by atoms with Crippen LogP contribution in [-0.4, -0.2) is 26.9 Å². The van der Waals surface area contributed by atoms with Crippen molar-refractivity contribution in [2.45, 2.75) is 25.3 Å². The van der Waals surface area contributed by atoms with Crippen LogP contribution in [0.5, 0.6) is 0 Å². The summed E-state index contributed by atoms with van der Waals surface area (Å²) in [6, 6.07) is 9.94. The summed E-state index contributed by atoms with van der Waals surface area (Å²) in [5, 5.41) is 7.71. The smallest absolute Gasteiger partial charge is 0.187 e. The maximum Gasteiger partial charge on any atom is 0.187 e. The molecule has 118 valence electrons. The van der Waals surface area contributed by atoms with Crippen LogP contribution in [0.25, 0.3) is 10.5 Å². The molecule has 1 saturated carbocycles. The van der Waals surface area contributed by atoms with E-state index in [0.717, 1.165) is 36.2 Å². The number of carbonyl (C=O) groups is 1. The second kappa shape index (κ2) is 5.78. The van der Waals surface area contributed by atoms with Crippen molar-refractivity contribution in [3.05, 3.63) is 64.8 Å². The molecule has 2 heterocycles. The summed E-state index contributed by atoms with van der Waals surface area (Å²) in [5.41, 5.74) is 3.52. The summed E-state index contributed by atoms with van der Waals surface area (Å²) in [5.74, 6) is 0.854. The summed E-state index contributed by atoms with van der Waals surface area (Å²) in [7, 11) is 0. The monoisotopic (exact) mass is 317 g/mol. The normalized spacial score (nSPS) is 13.6. The lowest BCUT2D eigenvalue weighted by Crippen LogP contribution is -2.09. The largest absolute Gasteiger partial charge is 0.367 e. The Morgan fingerprint density at radius 3 is 3.00 bits per heavy atom. The Morgan fingerprint density at radius 1 is 1.38 bits per heavy atom. The molecule has 0 bridgehead atoms. The molecular weight excluding hydrogens is 302 g/mol. The Labute approximate surface area is 139 Å². The maximum atomic E-state index is 11.2. The molecule has 0 radical (unpaired) electrons. The fraction of sp³-hybridized carbons (Fsp3) is 0.222. The van der Waals surface area contributed by atoms with E-state index in [1.807, 2.05) is 24.3 Å². The van der Waals surface area contributed by atoms with Crippen LogP contribution >= 0.6 is 0 Å². The van der Waals surface area contributed by atoms with Gasteiger partial charge in [-0.05, 0) is 12.8 Å². The number of nitrogens with one attached hydrogen (secondary N) is 1. The van der Waals surface area contributed by atoms with Gasteiger partial charge in [-0.15, -0.1) is 0 Å². The number of benzene rings is 1. The van der Waals surface area contributed by atoms with E-state index in [4.69, 9.17) is 6.57 Å². The first kappa shape index (κ1) is 14.4. The highest BCUT2D eigenvalue weighted by Crippen LogP contribution is 2.26. The standard InChI is InChI=1S/C18H15N5O/c1-19-15-4-2-3-12(7-15)8-16-9-17(21-14-5-6-14)23-18(22-16)13(11-24)10-20-23/h2-4,7,9-11,14,21H,5-6,8H2. The number of nitrogens with zero attached hydrogens (tertiary/aromatic N) is 4. The van der Waals surface area contributed by atoms with Crippen LogP contribution < -0.4 is 5.32 Å². The first-order valence-corrected chi connectivity index (χ1v) is 7.82. The van der Waals surface area contributed by atoms with Crippen LogP contribution in [-0.2, 0) is 6.42 Å². The molecule has 24 heavy (non-hydrogen) atoms. The van der Waals surface area contributed by atoms with E-state index in [0.29, 0.717) is 29.4 Å². The van der Waals surface area contributed by atoms with Crippen molar-refractivity contribution >= 4 is 23.4 Å². The van der Waals surface area contributed by atoms with E-state index in [2.05, 4.69) is 20.2 Å². The summed E-state index contributed by atoms with van der Waals surface area (Å²) in [4.78, 5) is 19.3. The fourth-order valence-corrected chi connectivity index (χ4v) is 2.69. The zero-order valence-electron chi connectivity index (χ0n) is 12.9. The first-order chi connectivity index (χ1) is 11.8. The van der Waals surface area contributed by atoms with Gasteiger partial charge in [0.05, 0.1) is 24.0 Å². The van der Waals surface area contributed by atoms with Crippen LogP contribution in [0.1, 0.15) is 34.5 Å². The molecule has 1 aliphatic rings. The molecule has 0 atom stereocenters. The van der Waals surface area contributed by atoms with Crippen molar-refractivity contribution in [3.63, 3.8) is 0 Å². The van der Waals surface area contributed by atoms with Gasteiger partial charge in [0, 0.05) is 18.5 Å². The third-order valence-electron chi connectivity index (χ3n) is 4.03. The third-order valence-corrected chi connectivity index (χ3v) is 4.03. The minimum Gasteiger partial charge on any atom is -0.367 e. The Morgan fingerprint density at radius 2 is 2.25 bits per heavy atom. The summed E-state index contributed by atoms with van der Waals surface area (Å²) < 4.78 is 1.68. The van der Waals surface area contributed by atoms with Gasteiger partial charge in [-0.3, -0.25) is 4.79 Å². The molecule has 1 aromatic carbocycles. The van der Waals surface area contributed by atoms with Crippen molar-refractivity contribution in [1.82, 2.24) is 14.6 Å². The molecule has 0 amide bonds. The molecule has 0 spiro atoms. The van der Waals surface area contributed by atoms with E-state index in [9.17, 15) is 4.79 Å². The lowest BCUT2D eigenvalue weighted by molar-refractivity contribution is 0.112. The lowest BCUT2D eigenvalue weighted by Gasteiger charge is -2.10. The van der Waals surface area contributed by atoms with E-state index in [-0.39, 0.29) is 0 Å². The van der Waals surface area contributed by atoms with Gasteiger partial charge in [-0.2, -0.15) is 9.61 Å². The number of rotatable bonds is 5. The highest BCUT2D eigenvalue weighted by atomic mass is 16.1. The number of hydrogen-bond donors (Lipinski definition) is 1. The molecular formula is C18H15N5O. The number of aromatic nitrogens is 3. The van der Waals surface area contributed by atoms with Crippen molar-refractivity contribution in [2.75, 3.05) is 5.32 Å². The Hall–Kier alpha value is -3.20. The molecule has 6 nitrogen and oxygen atoms in total. The third kappa shape index (κ3) is 2.72. The highest BCUT2D eigenvalue weighted by Gasteiger charge is 2.23. The summed E-state index contributed by atoms with van der Waals surface area (Å²) in [6.45, 7) is 7.13. The average molecular weight is 317 g/mol. The number of aldehydes is 1. The molecule has 1 fully saturated rings. The Kier molecular flexibility index (Phi) is 3.47. The van der Waals surface area contributed by atoms with Crippen molar-refractivity contribution < 1.29 is 4.79 Å².